The highest BCUT2D eigenvalue weighted by Crippen LogP contribution is 2.28. The Morgan fingerprint density at radius 1 is 1.41 bits per heavy atom. The SMILES string of the molecule is C=CC(=O)N1CCCC(c2cccc(NC(=NC)/N=C(/C)CC)c2)C1.CC. The molecule has 148 valence electrons. The van der Waals surface area contributed by atoms with Gasteiger partial charge in [0.2, 0.25) is 11.9 Å². The Morgan fingerprint density at radius 2 is 2.15 bits per heavy atom. The fourth-order valence-electron chi connectivity index (χ4n) is 2.97. The number of hydrogen-bond acceptors (Lipinski definition) is 2. The molecule has 27 heavy (non-hydrogen) atoms. The number of anilines is 1. The molecular formula is C22H34N4O. The maximum absolute atomic E-state index is 11.9. The number of hydrogen-bond donors (Lipinski definition) is 1. The summed E-state index contributed by atoms with van der Waals surface area (Å²) in [6.45, 7) is 13.2. The van der Waals surface area contributed by atoms with Crippen LogP contribution in [0.25, 0.3) is 0 Å². The first-order valence-corrected chi connectivity index (χ1v) is 9.86. The van der Waals surface area contributed by atoms with E-state index < -0.39 is 0 Å². The molecule has 1 fully saturated rings. The zero-order valence-electron chi connectivity index (χ0n) is 17.5. The minimum absolute atomic E-state index is 0.0174. The van der Waals surface area contributed by atoms with Gasteiger partial charge in [0.15, 0.2) is 0 Å². The number of piperidine rings is 1. The molecular weight excluding hydrogens is 336 g/mol. The Balaban J connectivity index is 0.00000176. The molecule has 0 aliphatic carbocycles. The van der Waals surface area contributed by atoms with Crippen molar-refractivity contribution in [1.82, 2.24) is 4.90 Å². The summed E-state index contributed by atoms with van der Waals surface area (Å²) in [5, 5.41) is 3.28. The molecule has 1 N–H and O–H groups in total. The number of carbonyl (C=O) groups excluding carboxylic acids is 1. The quantitative estimate of drug-likeness (QED) is 0.467. The lowest BCUT2D eigenvalue weighted by Crippen LogP contribution is -2.38. The van der Waals surface area contributed by atoms with E-state index >= 15 is 0 Å². The van der Waals surface area contributed by atoms with E-state index in [0.29, 0.717) is 11.9 Å². The van der Waals surface area contributed by atoms with Crippen molar-refractivity contribution in [3.05, 3.63) is 42.5 Å². The summed E-state index contributed by atoms with van der Waals surface area (Å²) < 4.78 is 0. The van der Waals surface area contributed by atoms with Gasteiger partial charge < -0.3 is 10.2 Å². The van der Waals surface area contributed by atoms with Crippen LogP contribution in [0.5, 0.6) is 0 Å². The Kier molecular flexibility index (Phi) is 10.1. The standard InChI is InChI=1S/C20H28N4O.C2H6/c1-5-15(3)22-20(21-4)23-18-11-7-9-16(13-18)17-10-8-12-24(14-17)19(25)6-2;1-2/h6-7,9,11,13,17H,2,5,8,10,12,14H2,1,3-4H3,(H,21,23);1-2H3/b22-15-;. The third-order valence-electron chi connectivity index (χ3n) is 4.54. The fraction of sp³-hybridized carbons (Fsp3) is 0.500. The molecule has 0 aromatic heterocycles. The second kappa shape index (κ2) is 12.0. The van der Waals surface area contributed by atoms with Crippen LogP contribution in [0.3, 0.4) is 0 Å². The van der Waals surface area contributed by atoms with Crippen molar-refractivity contribution in [2.75, 3.05) is 25.5 Å². The van der Waals surface area contributed by atoms with Crippen molar-refractivity contribution >= 4 is 23.3 Å². The number of aliphatic imine (C=N–C) groups is 2. The van der Waals surface area contributed by atoms with Crippen LogP contribution in [0.2, 0.25) is 0 Å². The van der Waals surface area contributed by atoms with E-state index in [1.165, 1.54) is 11.6 Å². The first-order chi connectivity index (χ1) is 13.1. The molecule has 1 heterocycles. The van der Waals surface area contributed by atoms with E-state index in [2.05, 4.69) is 40.9 Å². The highest BCUT2D eigenvalue weighted by Gasteiger charge is 2.23. The number of guanidine groups is 1. The molecule has 1 aromatic carbocycles. The number of carbonyl (C=O) groups is 1. The van der Waals surface area contributed by atoms with Gasteiger partial charge in [0.25, 0.3) is 0 Å². The first kappa shape index (κ1) is 22.6. The largest absolute Gasteiger partial charge is 0.339 e. The summed E-state index contributed by atoms with van der Waals surface area (Å²) in [5.41, 5.74) is 3.24. The highest BCUT2D eigenvalue weighted by molar-refractivity contribution is 6.02. The van der Waals surface area contributed by atoms with Crippen LogP contribution in [0.15, 0.2) is 46.9 Å². The van der Waals surface area contributed by atoms with E-state index in [0.717, 1.165) is 43.8 Å². The number of amides is 1. The lowest BCUT2D eigenvalue weighted by atomic mass is 9.90. The number of rotatable bonds is 4. The third-order valence-corrected chi connectivity index (χ3v) is 4.54. The van der Waals surface area contributed by atoms with Gasteiger partial charge in [0.1, 0.15) is 0 Å². The van der Waals surface area contributed by atoms with Crippen LogP contribution in [0, 0.1) is 0 Å². The molecule has 5 nitrogen and oxygen atoms in total. The molecule has 1 aliphatic rings. The molecule has 1 atom stereocenters. The van der Waals surface area contributed by atoms with Crippen LogP contribution >= 0.6 is 0 Å². The van der Waals surface area contributed by atoms with Gasteiger partial charge in [0.05, 0.1) is 0 Å². The van der Waals surface area contributed by atoms with Crippen LogP contribution in [-0.4, -0.2) is 42.6 Å². The number of nitrogens with zero attached hydrogens (tertiary/aromatic N) is 3. The van der Waals surface area contributed by atoms with E-state index in [4.69, 9.17) is 0 Å². The summed E-state index contributed by atoms with van der Waals surface area (Å²) in [7, 11) is 1.73. The van der Waals surface area contributed by atoms with Crippen molar-refractivity contribution in [3.8, 4) is 0 Å². The molecule has 0 spiro atoms. The highest BCUT2D eigenvalue weighted by atomic mass is 16.2. The van der Waals surface area contributed by atoms with Crippen molar-refractivity contribution in [1.29, 1.82) is 0 Å². The van der Waals surface area contributed by atoms with E-state index in [9.17, 15) is 4.79 Å². The first-order valence-electron chi connectivity index (χ1n) is 9.86. The van der Waals surface area contributed by atoms with Crippen molar-refractivity contribution in [2.45, 2.75) is 52.9 Å². The average molecular weight is 371 g/mol. The summed E-state index contributed by atoms with van der Waals surface area (Å²) in [5.74, 6) is 0.981. The van der Waals surface area contributed by atoms with Gasteiger partial charge >= 0.3 is 0 Å². The lowest BCUT2D eigenvalue weighted by molar-refractivity contribution is -0.127. The van der Waals surface area contributed by atoms with Crippen molar-refractivity contribution in [3.63, 3.8) is 0 Å². The summed E-state index contributed by atoms with van der Waals surface area (Å²) in [6.07, 6.45) is 4.41. The normalized spacial score (nSPS) is 17.7. The number of benzene rings is 1. The molecule has 1 saturated heterocycles. The summed E-state index contributed by atoms with van der Waals surface area (Å²) in [6, 6.07) is 8.31. The van der Waals surface area contributed by atoms with Gasteiger partial charge in [-0.3, -0.25) is 9.79 Å². The molecule has 1 aromatic rings. The van der Waals surface area contributed by atoms with Crippen molar-refractivity contribution in [2.24, 2.45) is 9.98 Å². The predicted molar refractivity (Wildman–Crippen MR) is 117 cm³/mol. The second-order valence-electron chi connectivity index (χ2n) is 6.33. The second-order valence-corrected chi connectivity index (χ2v) is 6.33. The lowest BCUT2D eigenvalue weighted by Gasteiger charge is -2.32. The topological polar surface area (TPSA) is 57.1 Å². The van der Waals surface area contributed by atoms with Crippen LogP contribution in [0.1, 0.15) is 58.4 Å². The van der Waals surface area contributed by atoms with E-state index in [1.807, 2.05) is 37.8 Å². The van der Waals surface area contributed by atoms with Gasteiger partial charge in [-0.25, -0.2) is 4.99 Å². The summed E-state index contributed by atoms with van der Waals surface area (Å²) in [4.78, 5) is 22.5. The maximum Gasteiger partial charge on any atom is 0.245 e. The zero-order chi connectivity index (χ0) is 20.2. The molecule has 1 amide bonds. The van der Waals surface area contributed by atoms with Crippen molar-refractivity contribution < 1.29 is 4.79 Å². The molecule has 0 bridgehead atoms. The smallest absolute Gasteiger partial charge is 0.245 e. The minimum Gasteiger partial charge on any atom is -0.339 e. The fourth-order valence-corrected chi connectivity index (χ4v) is 2.97. The van der Waals surface area contributed by atoms with Gasteiger partial charge in [0, 0.05) is 37.5 Å². The van der Waals surface area contributed by atoms with Crippen LogP contribution < -0.4 is 5.32 Å². The third kappa shape index (κ3) is 7.00. The molecule has 0 saturated carbocycles. The van der Waals surface area contributed by atoms with Gasteiger partial charge in [-0.15, -0.1) is 0 Å². The predicted octanol–water partition coefficient (Wildman–Crippen LogP) is 4.87. The van der Waals surface area contributed by atoms with E-state index in [-0.39, 0.29) is 5.91 Å². The molecule has 0 radical (unpaired) electrons. The molecule has 1 aliphatic heterocycles. The average Bonchev–Trinajstić information content (AvgIpc) is 2.74. The minimum atomic E-state index is 0.0174. The summed E-state index contributed by atoms with van der Waals surface area (Å²) >= 11 is 0. The zero-order valence-corrected chi connectivity index (χ0v) is 17.5. The van der Waals surface area contributed by atoms with Gasteiger partial charge in [-0.05, 0) is 50.0 Å². The Bertz CT molecular complexity index is 679. The van der Waals surface area contributed by atoms with E-state index in [1.54, 1.807) is 7.05 Å². The maximum atomic E-state index is 11.9. The van der Waals surface area contributed by atoms with Crippen LogP contribution in [-0.2, 0) is 4.79 Å². The Morgan fingerprint density at radius 3 is 2.78 bits per heavy atom. The molecule has 2 rings (SSSR count). The van der Waals surface area contributed by atoms with Gasteiger partial charge in [-0.1, -0.05) is 39.5 Å². The monoisotopic (exact) mass is 370 g/mol. The Labute approximate surface area is 164 Å². The Hall–Kier alpha value is -2.43. The number of nitrogens with one attached hydrogen (secondary N) is 1. The molecule has 5 heteroatoms. The number of likely N-dealkylation sites (tertiary alicyclic amines) is 1. The van der Waals surface area contributed by atoms with Crippen LogP contribution in [0.4, 0.5) is 5.69 Å². The molecule has 1 unspecified atom stereocenters. The van der Waals surface area contributed by atoms with Gasteiger partial charge in [-0.2, -0.15) is 0 Å².